The number of carbonyl (C=O) groups is 1. The fourth-order valence-corrected chi connectivity index (χ4v) is 2.62. The second kappa shape index (κ2) is 6.97. The van der Waals surface area contributed by atoms with Gasteiger partial charge in [0, 0.05) is 23.6 Å². The van der Waals surface area contributed by atoms with Gasteiger partial charge in [-0.15, -0.1) is 0 Å². The van der Waals surface area contributed by atoms with Crippen molar-refractivity contribution in [3.8, 4) is 0 Å². The van der Waals surface area contributed by atoms with Crippen molar-refractivity contribution in [2.24, 2.45) is 5.92 Å². The summed E-state index contributed by atoms with van der Waals surface area (Å²) in [4.78, 5) is 12.3. The number of aliphatic hydroxyl groups excluding tert-OH is 1. The Morgan fingerprint density at radius 1 is 1.27 bits per heavy atom. The number of nitrogens with one attached hydrogen (secondary N) is 1. The zero-order valence-electron chi connectivity index (χ0n) is 13.8. The molecule has 120 valence electrons. The van der Waals surface area contributed by atoms with Crippen LogP contribution in [0.3, 0.4) is 0 Å². The van der Waals surface area contributed by atoms with Crippen molar-refractivity contribution in [2.45, 2.75) is 46.6 Å². The summed E-state index contributed by atoms with van der Waals surface area (Å²) < 4.78 is 5.57. The number of aryl methyl sites for hydroxylation is 2. The van der Waals surface area contributed by atoms with Crippen LogP contribution in [0.2, 0.25) is 0 Å². The van der Waals surface area contributed by atoms with Crippen molar-refractivity contribution in [1.29, 1.82) is 0 Å². The molecule has 4 nitrogen and oxygen atoms in total. The molecule has 1 amide bonds. The van der Waals surface area contributed by atoms with Crippen LogP contribution in [0.5, 0.6) is 0 Å². The maximum absolute atomic E-state index is 12.3. The van der Waals surface area contributed by atoms with Gasteiger partial charge >= 0.3 is 0 Å². The van der Waals surface area contributed by atoms with Crippen LogP contribution in [-0.4, -0.2) is 23.7 Å². The lowest BCUT2D eigenvalue weighted by Gasteiger charge is -2.21. The number of amides is 1. The monoisotopic (exact) mass is 303 g/mol. The Labute approximate surface area is 131 Å². The van der Waals surface area contributed by atoms with E-state index in [1.54, 1.807) is 6.26 Å². The van der Waals surface area contributed by atoms with Gasteiger partial charge in [0.1, 0.15) is 5.58 Å². The van der Waals surface area contributed by atoms with Crippen LogP contribution in [0.15, 0.2) is 22.8 Å². The summed E-state index contributed by atoms with van der Waals surface area (Å²) >= 11 is 0. The lowest BCUT2D eigenvalue weighted by atomic mass is 10.0. The first-order valence-corrected chi connectivity index (χ1v) is 7.80. The molecule has 0 aliphatic carbocycles. The second-order valence-electron chi connectivity index (χ2n) is 6.30. The van der Waals surface area contributed by atoms with Crippen molar-refractivity contribution in [2.75, 3.05) is 6.61 Å². The summed E-state index contributed by atoms with van der Waals surface area (Å²) in [5, 5.41) is 13.1. The Balaban J connectivity index is 2.13. The van der Waals surface area contributed by atoms with E-state index in [2.05, 4.69) is 18.3 Å². The summed E-state index contributed by atoms with van der Waals surface area (Å²) in [5.74, 6) is 0.259. The van der Waals surface area contributed by atoms with E-state index >= 15 is 0 Å². The van der Waals surface area contributed by atoms with Crippen LogP contribution >= 0.6 is 0 Å². The van der Waals surface area contributed by atoms with E-state index in [0.717, 1.165) is 16.5 Å². The topological polar surface area (TPSA) is 62.5 Å². The average Bonchev–Trinajstić information content (AvgIpc) is 2.81. The summed E-state index contributed by atoms with van der Waals surface area (Å²) in [6.45, 7) is 8.27. The first kappa shape index (κ1) is 16.6. The zero-order chi connectivity index (χ0) is 16.3. The molecule has 1 aromatic heterocycles. The smallest absolute Gasteiger partial charge is 0.224 e. The molecular weight excluding hydrogens is 278 g/mol. The number of rotatable bonds is 6. The van der Waals surface area contributed by atoms with Crippen LogP contribution in [-0.2, 0) is 11.2 Å². The fourth-order valence-electron chi connectivity index (χ4n) is 2.62. The molecule has 0 aliphatic rings. The van der Waals surface area contributed by atoms with Crippen molar-refractivity contribution in [3.63, 3.8) is 0 Å². The molecular formula is C18H25NO3. The van der Waals surface area contributed by atoms with E-state index in [1.807, 2.05) is 26.8 Å². The second-order valence-corrected chi connectivity index (χ2v) is 6.30. The number of furan rings is 1. The largest absolute Gasteiger partial charge is 0.464 e. The highest BCUT2D eigenvalue weighted by Crippen LogP contribution is 2.25. The summed E-state index contributed by atoms with van der Waals surface area (Å²) in [6.07, 6.45) is 2.54. The van der Waals surface area contributed by atoms with Crippen LogP contribution < -0.4 is 5.32 Å². The average molecular weight is 303 g/mol. The molecule has 2 rings (SSSR count). The molecule has 2 N–H and O–H groups in total. The van der Waals surface area contributed by atoms with Gasteiger partial charge in [-0.3, -0.25) is 4.79 Å². The highest BCUT2D eigenvalue weighted by molar-refractivity contribution is 5.88. The molecule has 4 heteroatoms. The van der Waals surface area contributed by atoms with Gasteiger partial charge in [0.25, 0.3) is 0 Å². The van der Waals surface area contributed by atoms with Crippen LogP contribution in [0.4, 0.5) is 0 Å². The molecule has 0 spiro atoms. The van der Waals surface area contributed by atoms with Crippen LogP contribution in [0.25, 0.3) is 11.0 Å². The van der Waals surface area contributed by atoms with Gasteiger partial charge in [0.2, 0.25) is 5.91 Å². The van der Waals surface area contributed by atoms with Gasteiger partial charge in [0.05, 0.1) is 12.7 Å². The molecule has 0 fully saturated rings. The van der Waals surface area contributed by atoms with E-state index in [9.17, 15) is 4.79 Å². The Morgan fingerprint density at radius 2 is 1.95 bits per heavy atom. The number of hydrogen-bond acceptors (Lipinski definition) is 3. The third-order valence-electron chi connectivity index (χ3n) is 4.21. The lowest BCUT2D eigenvalue weighted by Crippen LogP contribution is -2.39. The minimum Gasteiger partial charge on any atom is -0.464 e. The molecule has 0 aliphatic heterocycles. The summed E-state index contributed by atoms with van der Waals surface area (Å²) in [5.41, 5.74) is 4.10. The van der Waals surface area contributed by atoms with E-state index in [1.165, 1.54) is 11.1 Å². The first-order valence-electron chi connectivity index (χ1n) is 7.80. The Morgan fingerprint density at radius 3 is 2.59 bits per heavy atom. The maximum Gasteiger partial charge on any atom is 0.224 e. The van der Waals surface area contributed by atoms with Gasteiger partial charge in [-0.1, -0.05) is 13.8 Å². The maximum atomic E-state index is 12.3. The van der Waals surface area contributed by atoms with E-state index < -0.39 is 0 Å². The molecule has 2 aromatic rings. The zero-order valence-corrected chi connectivity index (χ0v) is 13.8. The van der Waals surface area contributed by atoms with Gasteiger partial charge < -0.3 is 14.8 Å². The van der Waals surface area contributed by atoms with Crippen molar-refractivity contribution >= 4 is 16.9 Å². The quantitative estimate of drug-likeness (QED) is 0.862. The van der Waals surface area contributed by atoms with E-state index in [-0.39, 0.29) is 18.6 Å². The molecule has 0 saturated heterocycles. The molecule has 0 bridgehead atoms. The van der Waals surface area contributed by atoms with E-state index in [4.69, 9.17) is 9.52 Å². The third-order valence-corrected chi connectivity index (χ3v) is 4.21. The lowest BCUT2D eigenvalue weighted by molar-refractivity contribution is -0.121. The number of carbonyl (C=O) groups excluding carboxylic acids is 1. The normalized spacial score (nSPS) is 12.8. The molecule has 1 heterocycles. The number of benzene rings is 1. The van der Waals surface area contributed by atoms with Gasteiger partial charge in [-0.25, -0.2) is 0 Å². The molecule has 0 radical (unpaired) electrons. The molecule has 0 saturated carbocycles. The van der Waals surface area contributed by atoms with Crippen molar-refractivity contribution in [1.82, 2.24) is 5.32 Å². The molecule has 1 unspecified atom stereocenters. The van der Waals surface area contributed by atoms with Crippen molar-refractivity contribution in [3.05, 3.63) is 35.1 Å². The standard InChI is InChI=1S/C18H25NO3/c1-11(2)16(5-6-20)19-18(21)9-14-10-22-17-8-13(4)12(3)7-15(14)17/h7-8,10-11,16,20H,5-6,9H2,1-4H3,(H,19,21). The Hall–Kier alpha value is -1.81. The van der Waals surface area contributed by atoms with Crippen molar-refractivity contribution < 1.29 is 14.3 Å². The Bertz CT molecular complexity index is 658. The summed E-state index contributed by atoms with van der Waals surface area (Å²) in [6, 6.07) is 4.08. The van der Waals surface area contributed by atoms with E-state index in [0.29, 0.717) is 18.8 Å². The predicted molar refractivity (Wildman–Crippen MR) is 87.9 cm³/mol. The first-order chi connectivity index (χ1) is 10.4. The molecule has 1 aromatic carbocycles. The number of hydrogen-bond donors (Lipinski definition) is 2. The SMILES string of the molecule is Cc1cc2occ(CC(=O)NC(CCO)C(C)C)c2cc1C. The van der Waals surface area contributed by atoms with Gasteiger partial charge in [-0.2, -0.15) is 0 Å². The highest BCUT2D eigenvalue weighted by Gasteiger charge is 2.17. The molecule has 22 heavy (non-hydrogen) atoms. The third kappa shape index (κ3) is 3.69. The van der Waals surface area contributed by atoms with Crippen LogP contribution in [0.1, 0.15) is 37.0 Å². The summed E-state index contributed by atoms with van der Waals surface area (Å²) in [7, 11) is 0. The predicted octanol–water partition coefficient (Wildman–Crippen LogP) is 3.12. The number of fused-ring (bicyclic) bond motifs is 1. The number of aliphatic hydroxyl groups is 1. The highest BCUT2D eigenvalue weighted by atomic mass is 16.3. The fraction of sp³-hybridized carbons (Fsp3) is 0.500. The molecule has 1 atom stereocenters. The van der Waals surface area contributed by atoms with Crippen LogP contribution in [0, 0.1) is 19.8 Å². The Kier molecular flexibility index (Phi) is 5.24. The minimum absolute atomic E-state index is 0.000328. The van der Waals surface area contributed by atoms with Gasteiger partial charge in [-0.05, 0) is 49.4 Å². The van der Waals surface area contributed by atoms with Gasteiger partial charge in [0.15, 0.2) is 0 Å². The minimum atomic E-state index is -0.0342.